The highest BCUT2D eigenvalue weighted by Gasteiger charge is 2.26. The van der Waals surface area contributed by atoms with Gasteiger partial charge in [0.25, 0.3) is 5.22 Å². The maximum absolute atomic E-state index is 5.79. The van der Waals surface area contributed by atoms with Crippen LogP contribution >= 0.6 is 11.8 Å². The molecule has 3 rings (SSSR count). The van der Waals surface area contributed by atoms with Gasteiger partial charge in [-0.2, -0.15) is 0 Å². The van der Waals surface area contributed by atoms with E-state index in [4.69, 9.17) is 4.42 Å². The van der Waals surface area contributed by atoms with Crippen LogP contribution in [0.2, 0.25) is 0 Å². The van der Waals surface area contributed by atoms with Crippen molar-refractivity contribution in [3.05, 3.63) is 24.3 Å². The van der Waals surface area contributed by atoms with Gasteiger partial charge in [-0.1, -0.05) is 36.7 Å². The van der Waals surface area contributed by atoms with E-state index in [-0.39, 0.29) is 0 Å². The Balaban J connectivity index is 1.78. The summed E-state index contributed by atoms with van der Waals surface area (Å²) < 4.78 is 5.79. The van der Waals surface area contributed by atoms with Gasteiger partial charge in [-0.15, -0.1) is 0 Å². The second kappa shape index (κ2) is 5.33. The Bertz CT molecular complexity index is 492. The summed E-state index contributed by atoms with van der Waals surface area (Å²) in [5.74, 6) is 0. The van der Waals surface area contributed by atoms with Crippen molar-refractivity contribution in [2.75, 3.05) is 7.05 Å². The van der Waals surface area contributed by atoms with E-state index >= 15 is 0 Å². The number of benzene rings is 1. The smallest absolute Gasteiger partial charge is 0.257 e. The lowest BCUT2D eigenvalue weighted by atomic mass is 9.95. The van der Waals surface area contributed by atoms with Gasteiger partial charge in [0.1, 0.15) is 5.52 Å². The zero-order valence-electron chi connectivity index (χ0n) is 10.6. The molecule has 0 amide bonds. The van der Waals surface area contributed by atoms with Crippen LogP contribution in [0.5, 0.6) is 0 Å². The van der Waals surface area contributed by atoms with Crippen molar-refractivity contribution in [1.82, 2.24) is 10.3 Å². The maximum Gasteiger partial charge on any atom is 0.257 e. The van der Waals surface area contributed by atoms with E-state index in [9.17, 15) is 0 Å². The summed E-state index contributed by atoms with van der Waals surface area (Å²) in [6, 6.07) is 8.54. The molecule has 1 aliphatic rings. The maximum atomic E-state index is 5.79. The summed E-state index contributed by atoms with van der Waals surface area (Å²) >= 11 is 1.78. The fourth-order valence-corrected chi connectivity index (χ4v) is 3.87. The molecule has 0 bridgehead atoms. The molecule has 2 unspecified atom stereocenters. The number of nitrogens with one attached hydrogen (secondary N) is 1. The molecule has 3 nitrogen and oxygen atoms in total. The molecule has 0 aliphatic heterocycles. The fraction of sp³-hybridized carbons (Fsp3) is 0.500. The van der Waals surface area contributed by atoms with Crippen molar-refractivity contribution in [3.8, 4) is 0 Å². The number of oxazole rings is 1. The Morgan fingerprint density at radius 1 is 1.28 bits per heavy atom. The minimum atomic E-state index is 0.580. The van der Waals surface area contributed by atoms with Gasteiger partial charge in [-0.25, -0.2) is 4.98 Å². The second-order valence-electron chi connectivity index (χ2n) is 4.78. The molecule has 0 spiro atoms. The number of nitrogens with zero attached hydrogens (tertiary/aromatic N) is 1. The first kappa shape index (κ1) is 12.1. The molecule has 18 heavy (non-hydrogen) atoms. The quantitative estimate of drug-likeness (QED) is 0.919. The van der Waals surface area contributed by atoms with Gasteiger partial charge in [0.2, 0.25) is 0 Å². The summed E-state index contributed by atoms with van der Waals surface area (Å²) in [4.78, 5) is 4.54. The van der Waals surface area contributed by atoms with E-state index in [2.05, 4.69) is 17.3 Å². The van der Waals surface area contributed by atoms with Crippen LogP contribution in [0.25, 0.3) is 11.1 Å². The second-order valence-corrected chi connectivity index (χ2v) is 5.97. The summed E-state index contributed by atoms with van der Waals surface area (Å²) in [6.45, 7) is 0. The number of para-hydroxylation sites is 2. The lowest BCUT2D eigenvalue weighted by Crippen LogP contribution is -2.38. The molecule has 0 saturated heterocycles. The van der Waals surface area contributed by atoms with Crippen molar-refractivity contribution >= 4 is 22.9 Å². The SMILES string of the molecule is CNC1CCCCC1Sc1nc2ccccc2o1. The Hall–Kier alpha value is -1.00. The van der Waals surface area contributed by atoms with E-state index < -0.39 is 0 Å². The van der Waals surface area contributed by atoms with E-state index in [1.54, 1.807) is 11.8 Å². The first-order chi connectivity index (χ1) is 8.86. The molecule has 1 aromatic heterocycles. The minimum Gasteiger partial charge on any atom is -0.431 e. The van der Waals surface area contributed by atoms with Gasteiger partial charge in [0, 0.05) is 11.3 Å². The van der Waals surface area contributed by atoms with Gasteiger partial charge in [0.15, 0.2) is 5.58 Å². The first-order valence-electron chi connectivity index (χ1n) is 6.56. The van der Waals surface area contributed by atoms with Crippen LogP contribution in [0, 0.1) is 0 Å². The number of fused-ring (bicyclic) bond motifs is 1. The van der Waals surface area contributed by atoms with Gasteiger partial charge in [0.05, 0.1) is 0 Å². The van der Waals surface area contributed by atoms with Gasteiger partial charge >= 0.3 is 0 Å². The molecule has 96 valence electrons. The van der Waals surface area contributed by atoms with Crippen molar-refractivity contribution < 1.29 is 4.42 Å². The van der Waals surface area contributed by atoms with E-state index in [0.29, 0.717) is 11.3 Å². The average Bonchev–Trinajstić information content (AvgIpc) is 2.81. The molecule has 0 radical (unpaired) electrons. The van der Waals surface area contributed by atoms with E-state index in [0.717, 1.165) is 16.3 Å². The number of rotatable bonds is 3. The van der Waals surface area contributed by atoms with Gasteiger partial charge in [-0.05, 0) is 32.0 Å². The molecule has 2 aromatic rings. The molecule has 1 saturated carbocycles. The Morgan fingerprint density at radius 2 is 2.11 bits per heavy atom. The van der Waals surface area contributed by atoms with Crippen molar-refractivity contribution in [1.29, 1.82) is 0 Å². The van der Waals surface area contributed by atoms with Crippen LogP contribution in [0.4, 0.5) is 0 Å². The number of aromatic nitrogens is 1. The fourth-order valence-electron chi connectivity index (χ4n) is 2.60. The molecule has 4 heteroatoms. The third kappa shape index (κ3) is 2.40. The summed E-state index contributed by atoms with van der Waals surface area (Å²) in [5.41, 5.74) is 1.84. The number of hydrogen-bond donors (Lipinski definition) is 1. The summed E-state index contributed by atoms with van der Waals surface area (Å²) in [7, 11) is 2.05. The minimum absolute atomic E-state index is 0.580. The van der Waals surface area contributed by atoms with Crippen LogP contribution in [0.1, 0.15) is 25.7 Å². The zero-order valence-corrected chi connectivity index (χ0v) is 11.4. The van der Waals surface area contributed by atoms with Crippen LogP contribution < -0.4 is 5.32 Å². The lowest BCUT2D eigenvalue weighted by Gasteiger charge is -2.29. The molecular formula is C14H18N2OS. The summed E-state index contributed by atoms with van der Waals surface area (Å²) in [6.07, 6.45) is 5.15. The number of thioether (sulfide) groups is 1. The molecule has 1 aromatic carbocycles. The summed E-state index contributed by atoms with van der Waals surface area (Å²) in [5, 5.41) is 4.81. The average molecular weight is 262 g/mol. The third-order valence-corrected chi connectivity index (χ3v) is 4.84. The molecule has 1 heterocycles. The van der Waals surface area contributed by atoms with E-state index in [1.807, 2.05) is 24.3 Å². The van der Waals surface area contributed by atoms with Crippen molar-refractivity contribution in [2.24, 2.45) is 0 Å². The topological polar surface area (TPSA) is 38.1 Å². The number of hydrogen-bond acceptors (Lipinski definition) is 4. The predicted octanol–water partition coefficient (Wildman–Crippen LogP) is 3.45. The largest absolute Gasteiger partial charge is 0.431 e. The van der Waals surface area contributed by atoms with Crippen LogP contribution in [-0.2, 0) is 0 Å². The van der Waals surface area contributed by atoms with Crippen molar-refractivity contribution in [2.45, 2.75) is 42.2 Å². The molecule has 1 N–H and O–H groups in total. The Labute approximate surface area is 111 Å². The molecule has 2 atom stereocenters. The lowest BCUT2D eigenvalue weighted by molar-refractivity contribution is 0.401. The first-order valence-corrected chi connectivity index (χ1v) is 7.44. The monoisotopic (exact) mass is 262 g/mol. The Morgan fingerprint density at radius 3 is 2.94 bits per heavy atom. The molecule has 1 fully saturated rings. The predicted molar refractivity (Wildman–Crippen MR) is 75.0 cm³/mol. The normalized spacial score (nSPS) is 24.5. The third-order valence-electron chi connectivity index (χ3n) is 3.60. The van der Waals surface area contributed by atoms with Crippen LogP contribution in [0.15, 0.2) is 33.9 Å². The standard InChI is InChI=1S/C14H18N2OS/c1-15-11-7-3-5-9-13(11)18-14-16-10-6-2-4-8-12(10)17-14/h2,4,6,8,11,13,15H,3,5,7,9H2,1H3. The Kier molecular flexibility index (Phi) is 3.57. The molecule has 1 aliphatic carbocycles. The van der Waals surface area contributed by atoms with Crippen LogP contribution in [-0.4, -0.2) is 23.3 Å². The molecular weight excluding hydrogens is 244 g/mol. The van der Waals surface area contributed by atoms with E-state index in [1.165, 1.54) is 25.7 Å². The van der Waals surface area contributed by atoms with Crippen molar-refractivity contribution in [3.63, 3.8) is 0 Å². The van der Waals surface area contributed by atoms with Crippen LogP contribution in [0.3, 0.4) is 0 Å². The highest BCUT2D eigenvalue weighted by molar-refractivity contribution is 7.99. The van der Waals surface area contributed by atoms with Gasteiger partial charge < -0.3 is 9.73 Å². The zero-order chi connectivity index (χ0) is 12.4. The highest BCUT2D eigenvalue weighted by Crippen LogP contribution is 2.34. The highest BCUT2D eigenvalue weighted by atomic mass is 32.2. The van der Waals surface area contributed by atoms with Gasteiger partial charge in [-0.3, -0.25) is 0 Å².